The molecule has 31 heavy (non-hydrogen) atoms. The van der Waals surface area contributed by atoms with Gasteiger partial charge >= 0.3 is 0 Å². The number of carbonyl (C=O) groups is 1. The number of hydrogen-bond donors (Lipinski definition) is 3. The quantitative estimate of drug-likeness (QED) is 0.162. The Kier molecular flexibility index (Phi) is 14.5. The van der Waals surface area contributed by atoms with Crippen molar-refractivity contribution in [3.8, 4) is 0 Å². The van der Waals surface area contributed by atoms with Crippen LogP contribution >= 0.6 is 24.0 Å². The standard InChI is InChI=1S/C23H39N5O2.HI/c1-4-24-23(25-13-15-28(2)14-8-16-30-3)26-18-19-9-7-12-21(17-19)27-22(29)20-10-5-6-11-20;/h7,9,12,17,20H,4-6,8,10-11,13-16,18H2,1-3H3,(H,27,29)(H2,24,25,26);1H. The number of methoxy groups -OCH3 is 1. The lowest BCUT2D eigenvalue weighted by molar-refractivity contribution is -0.119. The van der Waals surface area contributed by atoms with Crippen molar-refractivity contribution in [3.05, 3.63) is 29.8 Å². The summed E-state index contributed by atoms with van der Waals surface area (Å²) in [6, 6.07) is 7.98. The molecule has 0 saturated heterocycles. The monoisotopic (exact) mass is 545 g/mol. The number of anilines is 1. The summed E-state index contributed by atoms with van der Waals surface area (Å²) in [4.78, 5) is 19.3. The summed E-state index contributed by atoms with van der Waals surface area (Å²) in [7, 11) is 3.85. The number of aliphatic imine (C=N–C) groups is 1. The van der Waals surface area contributed by atoms with Crippen molar-refractivity contribution in [1.29, 1.82) is 0 Å². The lowest BCUT2D eigenvalue weighted by Crippen LogP contribution is -2.41. The van der Waals surface area contributed by atoms with Gasteiger partial charge in [-0.1, -0.05) is 25.0 Å². The number of benzene rings is 1. The van der Waals surface area contributed by atoms with E-state index in [4.69, 9.17) is 9.73 Å². The van der Waals surface area contributed by atoms with Crippen molar-refractivity contribution in [1.82, 2.24) is 15.5 Å². The fraction of sp³-hybridized carbons (Fsp3) is 0.652. The molecule has 0 atom stereocenters. The molecule has 0 bridgehead atoms. The van der Waals surface area contributed by atoms with Gasteiger partial charge in [-0.05, 0) is 50.9 Å². The van der Waals surface area contributed by atoms with Gasteiger partial charge in [0, 0.05) is 51.5 Å². The van der Waals surface area contributed by atoms with Gasteiger partial charge in [-0.2, -0.15) is 0 Å². The highest BCUT2D eigenvalue weighted by Gasteiger charge is 2.22. The molecule has 1 aliphatic carbocycles. The van der Waals surface area contributed by atoms with Crippen LogP contribution in [0.1, 0.15) is 44.6 Å². The third-order valence-corrected chi connectivity index (χ3v) is 5.36. The number of nitrogens with zero attached hydrogens (tertiary/aromatic N) is 2. The van der Waals surface area contributed by atoms with Crippen LogP contribution in [0.5, 0.6) is 0 Å². The van der Waals surface area contributed by atoms with Crippen molar-refractivity contribution in [2.75, 3.05) is 52.3 Å². The molecule has 0 heterocycles. The first kappa shape index (κ1) is 27.6. The Hall–Kier alpha value is -1.39. The molecule has 0 spiro atoms. The summed E-state index contributed by atoms with van der Waals surface area (Å²) in [5.41, 5.74) is 1.93. The van der Waals surface area contributed by atoms with Crippen LogP contribution in [0.4, 0.5) is 5.69 Å². The summed E-state index contributed by atoms with van der Waals surface area (Å²) in [5, 5.41) is 9.76. The number of amides is 1. The second-order valence-electron chi connectivity index (χ2n) is 7.94. The van der Waals surface area contributed by atoms with Crippen LogP contribution in [0.15, 0.2) is 29.3 Å². The maximum atomic E-state index is 12.4. The molecule has 1 amide bonds. The molecule has 2 rings (SSSR count). The molecule has 0 aromatic heterocycles. The first-order valence-corrected chi connectivity index (χ1v) is 11.2. The number of likely N-dealkylation sites (N-methyl/N-ethyl adjacent to an activating group) is 1. The summed E-state index contributed by atoms with van der Waals surface area (Å²) >= 11 is 0. The molecule has 0 radical (unpaired) electrons. The minimum absolute atomic E-state index is 0. The molecule has 1 saturated carbocycles. The third-order valence-electron chi connectivity index (χ3n) is 5.36. The maximum absolute atomic E-state index is 12.4. The molecule has 1 aliphatic rings. The van der Waals surface area contributed by atoms with E-state index >= 15 is 0 Å². The van der Waals surface area contributed by atoms with E-state index in [1.54, 1.807) is 7.11 Å². The Balaban J connectivity index is 0.00000480. The van der Waals surface area contributed by atoms with E-state index < -0.39 is 0 Å². The fourth-order valence-corrected chi connectivity index (χ4v) is 3.65. The largest absolute Gasteiger partial charge is 0.385 e. The van der Waals surface area contributed by atoms with Gasteiger partial charge in [0.25, 0.3) is 0 Å². The molecular weight excluding hydrogens is 505 g/mol. The minimum atomic E-state index is 0. The number of ether oxygens (including phenoxy) is 1. The number of rotatable bonds is 12. The van der Waals surface area contributed by atoms with Gasteiger partial charge in [-0.15, -0.1) is 24.0 Å². The molecule has 7 nitrogen and oxygen atoms in total. The number of halogens is 1. The lowest BCUT2D eigenvalue weighted by atomic mass is 10.1. The highest BCUT2D eigenvalue weighted by atomic mass is 127. The van der Waals surface area contributed by atoms with Crippen molar-refractivity contribution < 1.29 is 9.53 Å². The van der Waals surface area contributed by atoms with Crippen LogP contribution in [0.25, 0.3) is 0 Å². The number of guanidine groups is 1. The van der Waals surface area contributed by atoms with Gasteiger partial charge in [0.2, 0.25) is 5.91 Å². The van der Waals surface area contributed by atoms with Gasteiger partial charge in [0.05, 0.1) is 6.54 Å². The van der Waals surface area contributed by atoms with E-state index in [1.807, 2.05) is 24.3 Å². The molecular formula is C23H40IN5O2. The van der Waals surface area contributed by atoms with Gasteiger partial charge in [-0.25, -0.2) is 4.99 Å². The topological polar surface area (TPSA) is 78.0 Å². The predicted octanol–water partition coefficient (Wildman–Crippen LogP) is 3.46. The van der Waals surface area contributed by atoms with Crippen LogP contribution in [0, 0.1) is 5.92 Å². The first-order valence-electron chi connectivity index (χ1n) is 11.2. The molecule has 8 heteroatoms. The van der Waals surface area contributed by atoms with E-state index in [0.717, 1.165) is 82.1 Å². The summed E-state index contributed by atoms with van der Waals surface area (Å²) in [6.45, 7) is 7.01. The molecule has 176 valence electrons. The number of hydrogen-bond acceptors (Lipinski definition) is 4. The van der Waals surface area contributed by atoms with Crippen molar-refractivity contribution in [2.45, 2.75) is 45.6 Å². The van der Waals surface area contributed by atoms with Crippen molar-refractivity contribution >= 4 is 41.5 Å². The van der Waals surface area contributed by atoms with Crippen LogP contribution in [-0.4, -0.2) is 63.7 Å². The average Bonchev–Trinajstić information content (AvgIpc) is 3.28. The maximum Gasteiger partial charge on any atom is 0.227 e. The highest BCUT2D eigenvalue weighted by molar-refractivity contribution is 14.0. The van der Waals surface area contributed by atoms with Gasteiger partial charge in [0.15, 0.2) is 5.96 Å². The normalized spacial score (nSPS) is 14.4. The average molecular weight is 546 g/mol. The van der Waals surface area contributed by atoms with Crippen LogP contribution < -0.4 is 16.0 Å². The molecule has 3 N–H and O–H groups in total. The van der Waals surface area contributed by atoms with Gasteiger partial charge in [-0.3, -0.25) is 4.79 Å². The Bertz CT molecular complexity index is 665. The summed E-state index contributed by atoms with van der Waals surface area (Å²) < 4.78 is 5.10. The zero-order chi connectivity index (χ0) is 21.6. The highest BCUT2D eigenvalue weighted by Crippen LogP contribution is 2.26. The van der Waals surface area contributed by atoms with E-state index in [-0.39, 0.29) is 35.8 Å². The molecule has 1 fully saturated rings. The van der Waals surface area contributed by atoms with E-state index in [9.17, 15) is 4.79 Å². The van der Waals surface area contributed by atoms with E-state index in [1.165, 1.54) is 0 Å². The Morgan fingerprint density at radius 2 is 2.00 bits per heavy atom. The van der Waals surface area contributed by atoms with Gasteiger partial charge in [0.1, 0.15) is 0 Å². The molecule has 0 unspecified atom stereocenters. The second kappa shape index (κ2) is 16.3. The van der Waals surface area contributed by atoms with Crippen molar-refractivity contribution in [2.24, 2.45) is 10.9 Å². The Morgan fingerprint density at radius 1 is 1.23 bits per heavy atom. The van der Waals surface area contributed by atoms with Crippen LogP contribution in [-0.2, 0) is 16.1 Å². The third kappa shape index (κ3) is 11.2. The van der Waals surface area contributed by atoms with Gasteiger partial charge < -0.3 is 25.6 Å². The molecule has 1 aromatic rings. The minimum Gasteiger partial charge on any atom is -0.385 e. The first-order chi connectivity index (χ1) is 14.6. The second-order valence-corrected chi connectivity index (χ2v) is 7.94. The Labute approximate surface area is 204 Å². The predicted molar refractivity (Wildman–Crippen MR) is 139 cm³/mol. The lowest BCUT2D eigenvalue weighted by Gasteiger charge is -2.18. The molecule has 0 aliphatic heterocycles. The number of nitrogens with one attached hydrogen (secondary N) is 3. The van der Waals surface area contributed by atoms with E-state index in [0.29, 0.717) is 6.54 Å². The van der Waals surface area contributed by atoms with Crippen LogP contribution in [0.2, 0.25) is 0 Å². The number of carbonyl (C=O) groups excluding carboxylic acids is 1. The van der Waals surface area contributed by atoms with Crippen LogP contribution in [0.3, 0.4) is 0 Å². The zero-order valence-electron chi connectivity index (χ0n) is 19.3. The summed E-state index contributed by atoms with van der Waals surface area (Å²) in [5.74, 6) is 1.13. The summed E-state index contributed by atoms with van der Waals surface area (Å²) in [6.07, 6.45) is 5.38. The zero-order valence-corrected chi connectivity index (χ0v) is 21.6. The molecule has 1 aromatic carbocycles. The smallest absolute Gasteiger partial charge is 0.227 e. The fourth-order valence-electron chi connectivity index (χ4n) is 3.65. The SMILES string of the molecule is CCNC(=NCc1cccc(NC(=O)C2CCCC2)c1)NCCN(C)CCCOC.I. The Morgan fingerprint density at radius 3 is 2.71 bits per heavy atom. The van der Waals surface area contributed by atoms with Crippen molar-refractivity contribution in [3.63, 3.8) is 0 Å². The van der Waals surface area contributed by atoms with E-state index in [2.05, 4.69) is 34.8 Å².